The van der Waals surface area contributed by atoms with Gasteiger partial charge in [0.25, 0.3) is 0 Å². The molecule has 0 aromatic heterocycles. The van der Waals surface area contributed by atoms with Gasteiger partial charge < -0.3 is 10.5 Å². The molecule has 0 aliphatic carbocycles. The lowest BCUT2D eigenvalue weighted by atomic mass is 9.90. The molecular formula is C16H26N2O3S. The van der Waals surface area contributed by atoms with Crippen molar-refractivity contribution < 1.29 is 13.2 Å². The molecule has 0 bridgehead atoms. The molecule has 2 rings (SSSR count). The molecule has 124 valence electrons. The van der Waals surface area contributed by atoms with Gasteiger partial charge in [-0.05, 0) is 62.9 Å². The highest BCUT2D eigenvalue weighted by atomic mass is 32.2. The van der Waals surface area contributed by atoms with Gasteiger partial charge in [0.1, 0.15) is 5.75 Å². The molecule has 1 unspecified atom stereocenters. The van der Waals surface area contributed by atoms with Crippen molar-refractivity contribution in [3.8, 4) is 5.75 Å². The fraction of sp³-hybridized carbons (Fsp3) is 0.625. The summed E-state index contributed by atoms with van der Waals surface area (Å²) in [4.78, 5) is 0.322. The van der Waals surface area contributed by atoms with Crippen molar-refractivity contribution in [3.05, 3.63) is 23.8 Å². The van der Waals surface area contributed by atoms with E-state index in [0.717, 1.165) is 17.7 Å². The number of hydrogen-bond donors (Lipinski definition) is 1. The predicted octanol–water partition coefficient (Wildman–Crippen LogP) is 2.14. The van der Waals surface area contributed by atoms with Crippen LogP contribution < -0.4 is 10.5 Å². The van der Waals surface area contributed by atoms with Crippen LogP contribution in [0.1, 0.15) is 32.8 Å². The molecule has 1 saturated heterocycles. The third-order valence-corrected chi connectivity index (χ3v) is 6.00. The molecule has 1 heterocycles. The van der Waals surface area contributed by atoms with E-state index in [1.165, 1.54) is 4.31 Å². The predicted molar refractivity (Wildman–Crippen MR) is 87.5 cm³/mol. The second-order valence-electron chi connectivity index (χ2n) is 6.70. The minimum atomic E-state index is -3.47. The number of ether oxygens (including phenoxy) is 1. The van der Waals surface area contributed by atoms with Crippen molar-refractivity contribution in [2.45, 2.75) is 45.1 Å². The third-order valence-electron chi connectivity index (χ3n) is 4.16. The summed E-state index contributed by atoms with van der Waals surface area (Å²) in [6.45, 7) is 9.30. The van der Waals surface area contributed by atoms with Crippen LogP contribution in [0.3, 0.4) is 0 Å². The van der Waals surface area contributed by atoms with Gasteiger partial charge in [-0.2, -0.15) is 4.31 Å². The Morgan fingerprint density at radius 1 is 1.41 bits per heavy atom. The van der Waals surface area contributed by atoms with Crippen LogP contribution >= 0.6 is 0 Å². The minimum Gasteiger partial charge on any atom is -0.491 e. The number of sulfonamides is 1. The molecule has 0 saturated carbocycles. The average molecular weight is 326 g/mol. The maximum Gasteiger partial charge on any atom is 0.243 e. The molecule has 0 spiro atoms. The van der Waals surface area contributed by atoms with Gasteiger partial charge in [0.2, 0.25) is 10.0 Å². The van der Waals surface area contributed by atoms with E-state index >= 15 is 0 Å². The van der Waals surface area contributed by atoms with E-state index in [1.54, 1.807) is 18.2 Å². The molecule has 0 radical (unpaired) electrons. The number of aryl methyl sites for hydroxylation is 1. The molecule has 1 atom stereocenters. The van der Waals surface area contributed by atoms with Crippen LogP contribution in [0.15, 0.2) is 23.1 Å². The Morgan fingerprint density at radius 2 is 2.09 bits per heavy atom. The third kappa shape index (κ3) is 3.45. The Morgan fingerprint density at radius 3 is 2.59 bits per heavy atom. The molecule has 1 aliphatic rings. The standard InChI is InChI=1S/C16H26N2O3S/c1-12(2)21-15-6-5-14(9-13(15)3)22(19,20)18-8-7-16(4,10-17)11-18/h5-6,9,12H,7-8,10-11,17H2,1-4H3. The van der Waals surface area contributed by atoms with E-state index < -0.39 is 10.0 Å². The van der Waals surface area contributed by atoms with Crippen LogP contribution in [0.4, 0.5) is 0 Å². The van der Waals surface area contributed by atoms with Gasteiger partial charge in [-0.1, -0.05) is 6.92 Å². The van der Waals surface area contributed by atoms with Gasteiger partial charge in [-0.25, -0.2) is 8.42 Å². The smallest absolute Gasteiger partial charge is 0.243 e. The first-order valence-corrected chi connectivity index (χ1v) is 9.09. The Balaban J connectivity index is 2.26. The highest BCUT2D eigenvalue weighted by Crippen LogP contribution is 2.33. The van der Waals surface area contributed by atoms with E-state index in [2.05, 4.69) is 0 Å². The van der Waals surface area contributed by atoms with E-state index in [-0.39, 0.29) is 11.5 Å². The fourth-order valence-electron chi connectivity index (χ4n) is 2.67. The topological polar surface area (TPSA) is 72.6 Å². The Kier molecular flexibility index (Phi) is 4.84. The zero-order valence-electron chi connectivity index (χ0n) is 13.8. The van der Waals surface area contributed by atoms with Crippen LogP contribution in [0, 0.1) is 12.3 Å². The number of hydrogen-bond acceptors (Lipinski definition) is 4. The first-order valence-electron chi connectivity index (χ1n) is 7.65. The molecule has 5 nitrogen and oxygen atoms in total. The summed E-state index contributed by atoms with van der Waals surface area (Å²) in [5, 5.41) is 0. The molecule has 6 heteroatoms. The van der Waals surface area contributed by atoms with Gasteiger partial charge in [-0.3, -0.25) is 0 Å². The zero-order chi connectivity index (χ0) is 16.5. The second kappa shape index (κ2) is 6.18. The molecule has 1 aromatic carbocycles. The average Bonchev–Trinajstić information content (AvgIpc) is 2.84. The van der Waals surface area contributed by atoms with Gasteiger partial charge >= 0.3 is 0 Å². The molecule has 1 aromatic rings. The van der Waals surface area contributed by atoms with E-state index in [0.29, 0.717) is 24.5 Å². The van der Waals surface area contributed by atoms with E-state index in [1.807, 2.05) is 27.7 Å². The molecule has 1 fully saturated rings. The summed E-state index contributed by atoms with van der Waals surface area (Å²) in [6, 6.07) is 5.05. The van der Waals surface area contributed by atoms with Crippen molar-refractivity contribution >= 4 is 10.0 Å². The van der Waals surface area contributed by atoms with Crippen molar-refractivity contribution in [3.63, 3.8) is 0 Å². The highest BCUT2D eigenvalue weighted by molar-refractivity contribution is 7.89. The van der Waals surface area contributed by atoms with Gasteiger partial charge in [0.15, 0.2) is 0 Å². The second-order valence-corrected chi connectivity index (χ2v) is 8.64. The van der Waals surface area contributed by atoms with Gasteiger partial charge in [-0.15, -0.1) is 0 Å². The van der Waals surface area contributed by atoms with Crippen LogP contribution in [0.2, 0.25) is 0 Å². The van der Waals surface area contributed by atoms with Crippen LogP contribution in [0.25, 0.3) is 0 Å². The lowest BCUT2D eigenvalue weighted by molar-refractivity contribution is 0.240. The van der Waals surface area contributed by atoms with Gasteiger partial charge in [0, 0.05) is 13.1 Å². The maximum atomic E-state index is 12.8. The van der Waals surface area contributed by atoms with E-state index in [4.69, 9.17) is 10.5 Å². The molecule has 2 N–H and O–H groups in total. The number of nitrogens with zero attached hydrogens (tertiary/aromatic N) is 1. The zero-order valence-corrected chi connectivity index (χ0v) is 14.6. The van der Waals surface area contributed by atoms with Crippen LogP contribution in [0.5, 0.6) is 5.75 Å². The number of benzene rings is 1. The summed E-state index contributed by atoms with van der Waals surface area (Å²) >= 11 is 0. The minimum absolute atomic E-state index is 0.0602. The Bertz CT molecular complexity index is 643. The maximum absolute atomic E-state index is 12.8. The van der Waals surface area contributed by atoms with Crippen molar-refractivity contribution in [1.29, 1.82) is 0 Å². The summed E-state index contributed by atoms with van der Waals surface area (Å²) in [7, 11) is -3.47. The lowest BCUT2D eigenvalue weighted by Gasteiger charge is -2.22. The fourth-order valence-corrected chi connectivity index (χ4v) is 4.34. The normalized spacial score (nSPS) is 23.2. The number of nitrogens with two attached hydrogens (primary N) is 1. The summed E-state index contributed by atoms with van der Waals surface area (Å²) < 4.78 is 32.7. The number of rotatable bonds is 5. The summed E-state index contributed by atoms with van der Waals surface area (Å²) in [5.74, 6) is 0.724. The largest absolute Gasteiger partial charge is 0.491 e. The monoisotopic (exact) mass is 326 g/mol. The molecular weight excluding hydrogens is 300 g/mol. The molecule has 0 amide bonds. The molecule has 1 aliphatic heterocycles. The quantitative estimate of drug-likeness (QED) is 0.900. The van der Waals surface area contributed by atoms with Gasteiger partial charge in [0.05, 0.1) is 11.0 Å². The van der Waals surface area contributed by atoms with E-state index in [9.17, 15) is 8.42 Å². The summed E-state index contributed by atoms with van der Waals surface area (Å²) in [5.41, 5.74) is 6.47. The Labute approximate surface area is 133 Å². The SMILES string of the molecule is Cc1cc(S(=O)(=O)N2CCC(C)(CN)C2)ccc1OC(C)C. The van der Waals surface area contributed by atoms with Crippen LogP contribution in [-0.2, 0) is 10.0 Å². The lowest BCUT2D eigenvalue weighted by Crippen LogP contribution is -2.34. The van der Waals surface area contributed by atoms with Crippen molar-refractivity contribution in [2.75, 3.05) is 19.6 Å². The summed E-state index contributed by atoms with van der Waals surface area (Å²) in [6.07, 6.45) is 0.862. The Hall–Kier alpha value is -1.11. The molecule has 22 heavy (non-hydrogen) atoms. The van der Waals surface area contributed by atoms with Crippen molar-refractivity contribution in [2.24, 2.45) is 11.1 Å². The first-order chi connectivity index (χ1) is 10.2. The van der Waals surface area contributed by atoms with Crippen LogP contribution in [-0.4, -0.2) is 38.5 Å². The first kappa shape index (κ1) is 17.2. The highest BCUT2D eigenvalue weighted by Gasteiger charge is 2.39. The van der Waals surface area contributed by atoms with Crippen molar-refractivity contribution in [1.82, 2.24) is 4.31 Å².